The van der Waals surface area contributed by atoms with Gasteiger partial charge in [0.15, 0.2) is 5.13 Å². The van der Waals surface area contributed by atoms with Crippen molar-refractivity contribution >= 4 is 34.1 Å². The Balaban J connectivity index is 1.46. The van der Waals surface area contributed by atoms with Gasteiger partial charge < -0.3 is 21.1 Å². The van der Waals surface area contributed by atoms with Crippen molar-refractivity contribution < 1.29 is 9.53 Å². The summed E-state index contributed by atoms with van der Waals surface area (Å²) in [5.74, 6) is 2.69. The molecule has 2 aliphatic rings. The maximum absolute atomic E-state index is 12.6. The molecule has 1 aliphatic carbocycles. The number of ether oxygens (including phenoxy) is 1. The first-order valence-electron chi connectivity index (χ1n) is 9.50. The predicted molar refractivity (Wildman–Crippen MR) is 109 cm³/mol. The molecule has 3 rings (SSSR count). The van der Waals surface area contributed by atoms with Crippen LogP contribution >= 0.6 is 23.1 Å². The van der Waals surface area contributed by atoms with Crippen LogP contribution in [0.3, 0.4) is 0 Å². The molecule has 146 valence electrons. The third kappa shape index (κ3) is 5.58. The first-order valence-corrected chi connectivity index (χ1v) is 11.5. The van der Waals surface area contributed by atoms with Crippen molar-refractivity contribution in [1.82, 2.24) is 15.6 Å². The molecule has 0 unspecified atom stereocenters. The number of nitrogens with one attached hydrogen (secondary N) is 2. The molecule has 0 bridgehead atoms. The lowest BCUT2D eigenvalue weighted by Gasteiger charge is -2.38. The number of carbonyl (C=O) groups is 1. The van der Waals surface area contributed by atoms with Gasteiger partial charge in [-0.2, -0.15) is 11.8 Å². The van der Waals surface area contributed by atoms with Crippen molar-refractivity contribution in [2.75, 3.05) is 30.9 Å². The van der Waals surface area contributed by atoms with E-state index in [1.54, 1.807) is 7.11 Å². The van der Waals surface area contributed by atoms with Crippen LogP contribution in [0.25, 0.3) is 0 Å². The lowest BCUT2D eigenvalue weighted by atomic mass is 9.82. The zero-order valence-electron chi connectivity index (χ0n) is 15.4. The van der Waals surface area contributed by atoms with Crippen LogP contribution in [0.4, 0.5) is 5.13 Å². The van der Waals surface area contributed by atoms with Gasteiger partial charge in [0.25, 0.3) is 0 Å². The Labute approximate surface area is 164 Å². The molecule has 1 aromatic rings. The largest absolute Gasteiger partial charge is 0.380 e. The molecule has 1 saturated heterocycles. The van der Waals surface area contributed by atoms with Crippen LogP contribution in [0.15, 0.2) is 5.38 Å². The number of methoxy groups -OCH3 is 1. The molecule has 1 saturated carbocycles. The molecule has 3 atom stereocenters. The van der Waals surface area contributed by atoms with Gasteiger partial charge in [-0.15, -0.1) is 11.3 Å². The molecule has 1 aromatic heterocycles. The van der Waals surface area contributed by atoms with E-state index in [0.717, 1.165) is 31.4 Å². The summed E-state index contributed by atoms with van der Waals surface area (Å²) in [7, 11) is 1.79. The molecule has 1 amide bonds. The number of hydrogen-bond acceptors (Lipinski definition) is 7. The molecule has 1 aliphatic heterocycles. The highest BCUT2D eigenvalue weighted by Gasteiger charge is 2.35. The first-order chi connectivity index (χ1) is 12.7. The number of anilines is 1. The average molecular weight is 399 g/mol. The summed E-state index contributed by atoms with van der Waals surface area (Å²) < 4.78 is 5.70. The molecule has 6 nitrogen and oxygen atoms in total. The summed E-state index contributed by atoms with van der Waals surface area (Å²) >= 11 is 3.47. The highest BCUT2D eigenvalue weighted by atomic mass is 32.2. The number of aromatic nitrogens is 1. The summed E-state index contributed by atoms with van der Waals surface area (Å²) in [5.41, 5.74) is 6.59. The topological polar surface area (TPSA) is 89.3 Å². The van der Waals surface area contributed by atoms with Crippen molar-refractivity contribution in [2.45, 2.75) is 56.7 Å². The Morgan fingerprint density at radius 2 is 2.15 bits per heavy atom. The van der Waals surface area contributed by atoms with Gasteiger partial charge >= 0.3 is 0 Å². The second kappa shape index (κ2) is 9.92. The van der Waals surface area contributed by atoms with Crippen molar-refractivity contribution in [1.29, 1.82) is 0 Å². The minimum absolute atomic E-state index is 0.0670. The van der Waals surface area contributed by atoms with Gasteiger partial charge in [-0.05, 0) is 43.6 Å². The number of nitrogens with zero attached hydrogens (tertiary/aromatic N) is 1. The number of thioether (sulfide) groups is 1. The number of amides is 1. The van der Waals surface area contributed by atoms with E-state index in [2.05, 4.69) is 15.6 Å². The number of hydrogen-bond donors (Lipinski definition) is 3. The van der Waals surface area contributed by atoms with E-state index in [4.69, 9.17) is 10.5 Å². The normalized spacial score (nSPS) is 27.3. The van der Waals surface area contributed by atoms with Gasteiger partial charge in [0, 0.05) is 43.5 Å². The summed E-state index contributed by atoms with van der Waals surface area (Å²) in [4.78, 5) is 16.8. The molecule has 26 heavy (non-hydrogen) atoms. The van der Waals surface area contributed by atoms with Crippen molar-refractivity contribution in [3.8, 4) is 0 Å². The molecule has 2 fully saturated rings. The molecule has 0 aromatic carbocycles. The van der Waals surface area contributed by atoms with Crippen LogP contribution in [-0.4, -0.2) is 54.2 Å². The Hall–Kier alpha value is -0.830. The quantitative estimate of drug-likeness (QED) is 0.651. The zero-order valence-corrected chi connectivity index (χ0v) is 17.0. The third-order valence-electron chi connectivity index (χ3n) is 5.38. The highest BCUT2D eigenvalue weighted by molar-refractivity contribution is 7.99. The number of nitrogen functional groups attached to an aromatic ring is 1. The first kappa shape index (κ1) is 19.9. The van der Waals surface area contributed by atoms with E-state index in [0.29, 0.717) is 17.7 Å². The van der Waals surface area contributed by atoms with Crippen molar-refractivity contribution in [3.05, 3.63) is 11.1 Å². The lowest BCUT2D eigenvalue weighted by molar-refractivity contribution is -0.127. The molecule has 0 spiro atoms. The average Bonchev–Trinajstić information content (AvgIpc) is 3.07. The predicted octanol–water partition coefficient (Wildman–Crippen LogP) is 2.05. The molecular formula is C18H30N4O2S2. The van der Waals surface area contributed by atoms with E-state index in [-0.39, 0.29) is 24.0 Å². The maximum atomic E-state index is 12.6. The van der Waals surface area contributed by atoms with Crippen LogP contribution in [0.2, 0.25) is 0 Å². The Bertz CT molecular complexity index is 577. The minimum atomic E-state index is 0.0670. The lowest BCUT2D eigenvalue weighted by Crippen LogP contribution is -2.52. The minimum Gasteiger partial charge on any atom is -0.380 e. The van der Waals surface area contributed by atoms with Gasteiger partial charge in [-0.25, -0.2) is 4.98 Å². The fourth-order valence-corrected chi connectivity index (χ4v) is 5.60. The number of rotatable bonds is 7. The number of nitrogens with two attached hydrogens (primary N) is 1. The van der Waals surface area contributed by atoms with Gasteiger partial charge in [-0.1, -0.05) is 0 Å². The van der Waals surface area contributed by atoms with Crippen molar-refractivity contribution in [2.24, 2.45) is 5.92 Å². The standard InChI is InChI=1S/C18H30N4O2S2/c1-24-16-3-2-12(10-15(16)21-13-5-8-25-9-6-13)17(23)20-7-4-14-11-26-18(19)22-14/h11-13,15-16,21H,2-10H2,1H3,(H2,19,22)(H,20,23)/t12-,15+,16+/m0/s1. The van der Waals surface area contributed by atoms with Crippen molar-refractivity contribution in [3.63, 3.8) is 0 Å². The molecule has 4 N–H and O–H groups in total. The van der Waals surface area contributed by atoms with Gasteiger partial charge in [0.1, 0.15) is 0 Å². The van der Waals surface area contributed by atoms with Gasteiger partial charge in [0.05, 0.1) is 11.8 Å². The van der Waals surface area contributed by atoms with Gasteiger partial charge in [-0.3, -0.25) is 4.79 Å². The summed E-state index contributed by atoms with van der Waals surface area (Å²) in [6, 6.07) is 0.840. The SMILES string of the molecule is CO[C@@H]1CC[C@H](C(=O)NCCc2csc(N)n2)C[C@H]1NC1CCSCC1. The van der Waals surface area contributed by atoms with Gasteiger partial charge in [0.2, 0.25) is 5.91 Å². The molecule has 0 radical (unpaired) electrons. The molecular weight excluding hydrogens is 368 g/mol. The fourth-order valence-electron chi connectivity index (χ4n) is 3.90. The maximum Gasteiger partial charge on any atom is 0.223 e. The van der Waals surface area contributed by atoms with Crippen LogP contribution in [-0.2, 0) is 16.0 Å². The monoisotopic (exact) mass is 398 g/mol. The van der Waals surface area contributed by atoms with Crippen LogP contribution in [0.5, 0.6) is 0 Å². The zero-order chi connectivity index (χ0) is 18.4. The second-order valence-electron chi connectivity index (χ2n) is 7.16. The Morgan fingerprint density at radius 1 is 1.35 bits per heavy atom. The summed E-state index contributed by atoms with van der Waals surface area (Å²) in [6.45, 7) is 0.615. The Morgan fingerprint density at radius 3 is 2.85 bits per heavy atom. The number of thiazole rings is 1. The van der Waals surface area contributed by atoms with E-state index in [1.807, 2.05) is 17.1 Å². The summed E-state index contributed by atoms with van der Waals surface area (Å²) in [6.07, 6.45) is 6.07. The van der Waals surface area contributed by atoms with E-state index >= 15 is 0 Å². The van der Waals surface area contributed by atoms with Crippen LogP contribution < -0.4 is 16.4 Å². The third-order valence-corrected chi connectivity index (χ3v) is 7.15. The highest BCUT2D eigenvalue weighted by Crippen LogP contribution is 2.28. The molecule has 8 heteroatoms. The smallest absolute Gasteiger partial charge is 0.223 e. The van der Waals surface area contributed by atoms with E-state index < -0.39 is 0 Å². The van der Waals surface area contributed by atoms with E-state index in [1.165, 1.54) is 35.7 Å². The summed E-state index contributed by atoms with van der Waals surface area (Å²) in [5, 5.41) is 9.40. The van der Waals surface area contributed by atoms with E-state index in [9.17, 15) is 4.79 Å². The van der Waals surface area contributed by atoms with Crippen LogP contribution in [0.1, 0.15) is 37.8 Å². The van der Waals surface area contributed by atoms with Crippen LogP contribution in [0, 0.1) is 5.92 Å². The molecule has 2 heterocycles. The number of carbonyl (C=O) groups excluding carboxylic acids is 1. The fraction of sp³-hybridized carbons (Fsp3) is 0.778. The second-order valence-corrected chi connectivity index (χ2v) is 9.28. The Kier molecular flexibility index (Phi) is 7.60.